The highest BCUT2D eigenvalue weighted by molar-refractivity contribution is 5.03. The van der Waals surface area contributed by atoms with Crippen molar-refractivity contribution in [3.63, 3.8) is 0 Å². The van der Waals surface area contributed by atoms with Gasteiger partial charge in [0.2, 0.25) is 0 Å². The maximum Gasteiger partial charge on any atom is 0.164 e. The molecule has 0 fully saturated rings. The van der Waals surface area contributed by atoms with Gasteiger partial charge in [0, 0.05) is 0 Å². The van der Waals surface area contributed by atoms with Gasteiger partial charge < -0.3 is 0 Å². The van der Waals surface area contributed by atoms with Crippen LogP contribution in [0.15, 0.2) is 10.2 Å². The summed E-state index contributed by atoms with van der Waals surface area (Å²) in [6.45, 7) is 12.1. The monoisotopic (exact) mass is 209 g/mol. The van der Waals surface area contributed by atoms with Crippen LogP contribution in [0.25, 0.3) is 0 Å². The molecule has 0 aliphatic rings. The van der Waals surface area contributed by atoms with E-state index in [4.69, 9.17) is 5.26 Å². The molecular weight excluding hydrogens is 186 g/mol. The van der Waals surface area contributed by atoms with Crippen LogP contribution in [0.5, 0.6) is 0 Å². The van der Waals surface area contributed by atoms with Crippen LogP contribution < -0.4 is 0 Å². The summed E-state index contributed by atoms with van der Waals surface area (Å²) in [7, 11) is 0. The van der Waals surface area contributed by atoms with Crippen molar-refractivity contribution in [1.29, 1.82) is 5.26 Å². The van der Waals surface area contributed by atoms with Gasteiger partial charge >= 0.3 is 0 Å². The van der Waals surface area contributed by atoms with Crippen LogP contribution in [-0.2, 0) is 0 Å². The Balaban J connectivity index is 4.46. The van der Waals surface area contributed by atoms with Crippen molar-refractivity contribution in [3.05, 3.63) is 0 Å². The molecule has 1 atom stereocenters. The summed E-state index contributed by atoms with van der Waals surface area (Å²) >= 11 is 0. The van der Waals surface area contributed by atoms with Crippen LogP contribution in [0.1, 0.15) is 54.4 Å². The molecular formula is C12H23N3. The van der Waals surface area contributed by atoms with E-state index < -0.39 is 5.54 Å². The first-order chi connectivity index (χ1) is 6.68. The maximum atomic E-state index is 9.09. The molecule has 0 saturated carbocycles. The second-order valence-electron chi connectivity index (χ2n) is 5.69. The standard InChI is InChI=1S/C12H23N3/c1-10(2)7-8-12(6,9-13)15-14-11(3,4)5/h10H,7-8H2,1-6H3. The smallest absolute Gasteiger partial charge is 0.164 e. The molecule has 0 saturated heterocycles. The Labute approximate surface area is 93.6 Å². The van der Waals surface area contributed by atoms with E-state index in [1.54, 1.807) is 0 Å². The predicted molar refractivity (Wildman–Crippen MR) is 62.7 cm³/mol. The fourth-order valence-corrected chi connectivity index (χ4v) is 0.958. The average molecular weight is 209 g/mol. The highest BCUT2D eigenvalue weighted by Crippen LogP contribution is 2.22. The zero-order valence-electron chi connectivity index (χ0n) is 10.8. The predicted octanol–water partition coefficient (Wildman–Crippen LogP) is 3.96. The lowest BCUT2D eigenvalue weighted by Gasteiger charge is -2.19. The van der Waals surface area contributed by atoms with Gasteiger partial charge in [0.1, 0.15) is 0 Å². The first-order valence-electron chi connectivity index (χ1n) is 5.54. The summed E-state index contributed by atoms with van der Waals surface area (Å²) in [5.41, 5.74) is -0.854. The Morgan fingerprint density at radius 1 is 1.13 bits per heavy atom. The quantitative estimate of drug-likeness (QED) is 0.646. The largest absolute Gasteiger partial charge is 0.196 e. The van der Waals surface area contributed by atoms with Crippen molar-refractivity contribution in [2.24, 2.45) is 16.1 Å². The molecule has 3 nitrogen and oxygen atoms in total. The van der Waals surface area contributed by atoms with Crippen molar-refractivity contribution >= 4 is 0 Å². The lowest BCUT2D eigenvalue weighted by molar-refractivity contribution is 0.418. The molecule has 0 amide bonds. The molecule has 86 valence electrons. The second-order valence-corrected chi connectivity index (χ2v) is 5.69. The van der Waals surface area contributed by atoms with Gasteiger partial charge in [-0.1, -0.05) is 13.8 Å². The van der Waals surface area contributed by atoms with Crippen LogP contribution in [-0.4, -0.2) is 11.1 Å². The van der Waals surface area contributed by atoms with E-state index in [9.17, 15) is 0 Å². The Morgan fingerprint density at radius 3 is 2.00 bits per heavy atom. The highest BCUT2D eigenvalue weighted by atomic mass is 15.2. The SMILES string of the molecule is CC(C)CCC(C)(C#N)N=NC(C)(C)C. The van der Waals surface area contributed by atoms with Crippen LogP contribution in [0.2, 0.25) is 0 Å². The average Bonchev–Trinajstić information content (AvgIpc) is 2.10. The molecule has 0 aromatic heterocycles. The number of hydrogen-bond acceptors (Lipinski definition) is 3. The zero-order chi connectivity index (χ0) is 12.1. The van der Waals surface area contributed by atoms with E-state index in [1.807, 2.05) is 27.7 Å². The summed E-state index contributed by atoms with van der Waals surface area (Å²) in [5.74, 6) is 0.600. The van der Waals surface area contributed by atoms with E-state index in [2.05, 4.69) is 30.1 Å². The van der Waals surface area contributed by atoms with Gasteiger partial charge in [0.15, 0.2) is 5.54 Å². The van der Waals surface area contributed by atoms with Gasteiger partial charge in [0.25, 0.3) is 0 Å². The van der Waals surface area contributed by atoms with Gasteiger partial charge in [-0.25, -0.2) is 0 Å². The highest BCUT2D eigenvalue weighted by Gasteiger charge is 2.24. The third kappa shape index (κ3) is 7.07. The summed E-state index contributed by atoms with van der Waals surface area (Å²) < 4.78 is 0. The molecule has 0 aliphatic heterocycles. The van der Waals surface area contributed by atoms with Gasteiger partial charge in [-0.2, -0.15) is 15.5 Å². The number of hydrogen-bond donors (Lipinski definition) is 0. The van der Waals surface area contributed by atoms with E-state index in [0.29, 0.717) is 5.92 Å². The first kappa shape index (κ1) is 14.1. The van der Waals surface area contributed by atoms with E-state index in [0.717, 1.165) is 12.8 Å². The van der Waals surface area contributed by atoms with E-state index >= 15 is 0 Å². The Morgan fingerprint density at radius 2 is 1.67 bits per heavy atom. The fourth-order valence-electron chi connectivity index (χ4n) is 0.958. The molecule has 0 rings (SSSR count). The van der Waals surface area contributed by atoms with Crippen LogP contribution >= 0.6 is 0 Å². The zero-order valence-corrected chi connectivity index (χ0v) is 10.8. The number of rotatable bonds is 4. The van der Waals surface area contributed by atoms with Gasteiger partial charge in [-0.3, -0.25) is 0 Å². The molecule has 0 aromatic rings. The molecule has 0 spiro atoms. The maximum absolute atomic E-state index is 9.09. The van der Waals surface area contributed by atoms with E-state index in [-0.39, 0.29) is 5.54 Å². The normalized spacial score (nSPS) is 16.7. The molecule has 15 heavy (non-hydrogen) atoms. The lowest BCUT2D eigenvalue weighted by atomic mass is 9.94. The van der Waals surface area contributed by atoms with E-state index in [1.165, 1.54) is 0 Å². The van der Waals surface area contributed by atoms with Crippen molar-refractivity contribution in [2.45, 2.75) is 65.5 Å². The van der Waals surface area contributed by atoms with Gasteiger partial charge in [-0.15, -0.1) is 0 Å². The molecule has 0 heterocycles. The Kier molecular flexibility index (Phi) is 4.93. The minimum Gasteiger partial charge on any atom is -0.196 e. The lowest BCUT2D eigenvalue weighted by Crippen LogP contribution is -2.21. The number of nitrogens with zero attached hydrogens (tertiary/aromatic N) is 3. The second kappa shape index (κ2) is 5.25. The Bertz CT molecular complexity index is 255. The number of nitriles is 1. The summed E-state index contributed by atoms with van der Waals surface area (Å²) in [6, 6.07) is 2.25. The molecule has 1 unspecified atom stereocenters. The Hall–Kier alpha value is -0.910. The number of azo groups is 1. The fraction of sp³-hybridized carbons (Fsp3) is 0.917. The van der Waals surface area contributed by atoms with Gasteiger partial charge in [-0.05, 0) is 46.5 Å². The van der Waals surface area contributed by atoms with Crippen LogP contribution in [0, 0.1) is 17.2 Å². The van der Waals surface area contributed by atoms with Crippen molar-refractivity contribution in [1.82, 2.24) is 0 Å². The van der Waals surface area contributed by atoms with Crippen molar-refractivity contribution < 1.29 is 0 Å². The topological polar surface area (TPSA) is 48.5 Å². The molecule has 3 heteroatoms. The van der Waals surface area contributed by atoms with Crippen molar-refractivity contribution in [3.8, 4) is 6.07 Å². The minimum absolute atomic E-state index is 0.198. The summed E-state index contributed by atoms with van der Waals surface area (Å²) in [5, 5.41) is 17.5. The van der Waals surface area contributed by atoms with Gasteiger partial charge in [0.05, 0.1) is 11.6 Å². The van der Waals surface area contributed by atoms with Crippen LogP contribution in [0.4, 0.5) is 0 Å². The van der Waals surface area contributed by atoms with Crippen LogP contribution in [0.3, 0.4) is 0 Å². The summed E-state index contributed by atoms with van der Waals surface area (Å²) in [6.07, 6.45) is 1.79. The third-order valence-electron chi connectivity index (χ3n) is 2.02. The molecule has 0 aliphatic carbocycles. The summed E-state index contributed by atoms with van der Waals surface area (Å²) in [4.78, 5) is 0. The molecule has 0 bridgehead atoms. The first-order valence-corrected chi connectivity index (χ1v) is 5.54. The molecule has 0 radical (unpaired) electrons. The van der Waals surface area contributed by atoms with Crippen molar-refractivity contribution in [2.75, 3.05) is 0 Å². The third-order valence-corrected chi connectivity index (χ3v) is 2.02. The molecule has 0 aromatic carbocycles. The molecule has 0 N–H and O–H groups in total. The minimum atomic E-state index is -0.655.